The summed E-state index contributed by atoms with van der Waals surface area (Å²) in [5.41, 5.74) is -0.846. The summed E-state index contributed by atoms with van der Waals surface area (Å²) in [6.07, 6.45) is 1.14. The molecule has 12 heavy (non-hydrogen) atoms. The summed E-state index contributed by atoms with van der Waals surface area (Å²) < 4.78 is 6.90. The Morgan fingerprint density at radius 3 is 2.08 bits per heavy atom. The van der Waals surface area contributed by atoms with Gasteiger partial charge in [-0.3, -0.25) is 0 Å². The van der Waals surface area contributed by atoms with Crippen molar-refractivity contribution in [2.45, 2.75) is 57.7 Å². The highest BCUT2D eigenvalue weighted by atomic mass is 16.5. The monoisotopic (exact) mass is 173 g/mol. The topological polar surface area (TPSA) is 43.4 Å². The van der Waals surface area contributed by atoms with Crippen molar-refractivity contribution >= 4 is 0 Å². The van der Waals surface area contributed by atoms with Crippen LogP contribution < -0.4 is 0 Å². The highest BCUT2D eigenvalue weighted by Crippen LogP contribution is 2.36. The van der Waals surface area contributed by atoms with Crippen LogP contribution in [0.4, 0.5) is 0 Å². The van der Waals surface area contributed by atoms with Gasteiger partial charge >= 0.3 is 0 Å². The van der Waals surface area contributed by atoms with Crippen molar-refractivity contribution in [2.24, 2.45) is 0 Å². The molecule has 0 aliphatic carbocycles. The predicted molar refractivity (Wildman–Crippen MR) is 45.9 cm³/mol. The maximum atomic E-state index is 11.8. The Morgan fingerprint density at radius 2 is 1.75 bits per heavy atom. The summed E-state index contributed by atoms with van der Waals surface area (Å²) in [6, 6.07) is 0. The van der Waals surface area contributed by atoms with Gasteiger partial charge in [0.25, 0.3) is 0 Å². The van der Waals surface area contributed by atoms with E-state index >= 15 is 0 Å². The first-order valence-corrected chi connectivity index (χ1v) is 4.39. The van der Waals surface area contributed by atoms with Gasteiger partial charge in [0.1, 0.15) is 0 Å². The zero-order valence-electron chi connectivity index (χ0n) is 9.26. The van der Waals surface area contributed by atoms with Crippen LogP contribution in [0.2, 0.25) is 0 Å². The Kier molecular flexibility index (Phi) is 1.90. The number of hydrogen-bond donors (Lipinski definition) is 1. The van der Waals surface area contributed by atoms with Gasteiger partial charge in [-0.2, -0.15) is 0 Å². The van der Waals surface area contributed by atoms with E-state index in [9.17, 15) is 5.21 Å². The molecule has 1 aliphatic heterocycles. The van der Waals surface area contributed by atoms with E-state index in [0.29, 0.717) is 12.8 Å². The quantitative estimate of drug-likeness (QED) is 0.650. The number of piperidine rings is 1. The lowest BCUT2D eigenvalue weighted by Gasteiger charge is -2.48. The van der Waals surface area contributed by atoms with E-state index in [1.165, 1.54) is 0 Å². The number of nitrogens with zero attached hydrogens (tertiary/aromatic N) is 1. The molecule has 3 nitrogen and oxygen atoms in total. The summed E-state index contributed by atoms with van der Waals surface area (Å²) in [5, 5.41) is 17.6. The third kappa shape index (κ3) is 1.63. The summed E-state index contributed by atoms with van der Waals surface area (Å²) >= 11 is 0. The van der Waals surface area contributed by atoms with E-state index in [0.717, 1.165) is 5.06 Å². The van der Waals surface area contributed by atoms with Crippen molar-refractivity contribution in [3.05, 3.63) is 0 Å². The number of aliphatic hydroxyl groups is 1. The van der Waals surface area contributed by atoms with Gasteiger partial charge in [-0.15, -0.1) is 10.3 Å². The lowest BCUT2D eigenvalue weighted by molar-refractivity contribution is -0.298. The van der Waals surface area contributed by atoms with E-state index in [4.69, 9.17) is 1.43 Å². The van der Waals surface area contributed by atoms with Crippen LogP contribution in [0, 0.1) is 0 Å². The van der Waals surface area contributed by atoms with Gasteiger partial charge in [0.2, 0.25) is 1.43 Å². The fourth-order valence-corrected chi connectivity index (χ4v) is 2.17. The minimum absolute atomic E-state index is 0.116. The van der Waals surface area contributed by atoms with Crippen LogP contribution in [-0.4, -0.2) is 28.8 Å². The molecular formula is C9H18NO2. The van der Waals surface area contributed by atoms with Crippen LogP contribution in [0.15, 0.2) is 0 Å². The van der Waals surface area contributed by atoms with Gasteiger partial charge in [0.15, 0.2) is 0 Å². The van der Waals surface area contributed by atoms with Crippen molar-refractivity contribution in [3.8, 4) is 0 Å². The molecule has 0 aromatic heterocycles. The normalized spacial score (nSPS) is 31.6. The molecule has 0 atom stereocenters. The van der Waals surface area contributed by atoms with Gasteiger partial charge in [0, 0.05) is 11.1 Å². The van der Waals surface area contributed by atoms with E-state index in [1.807, 2.05) is 27.7 Å². The Balaban J connectivity index is 2.82. The molecule has 0 aromatic carbocycles. The Labute approximate surface area is 75.4 Å². The fourth-order valence-electron chi connectivity index (χ4n) is 2.17. The van der Waals surface area contributed by atoms with Crippen LogP contribution >= 0.6 is 0 Å². The highest BCUT2D eigenvalue weighted by molar-refractivity contribution is 4.95. The van der Waals surface area contributed by atoms with Gasteiger partial charge in [0.05, 0.1) is 6.10 Å². The SMILES string of the molecule is [2H]OC1CC(C)(C)N([O])C(C)(C)C1. The smallest absolute Gasteiger partial charge is 0.210 e. The molecule has 1 saturated heterocycles. The molecule has 1 rings (SSSR count). The van der Waals surface area contributed by atoms with E-state index in [-0.39, 0.29) is 6.10 Å². The molecule has 1 aliphatic rings. The van der Waals surface area contributed by atoms with E-state index < -0.39 is 11.1 Å². The van der Waals surface area contributed by atoms with Gasteiger partial charge in [-0.25, -0.2) is 0 Å². The Hall–Kier alpha value is -0.120. The highest BCUT2D eigenvalue weighted by Gasteiger charge is 2.45. The first-order chi connectivity index (χ1) is 5.79. The minimum Gasteiger partial charge on any atom is -0.393 e. The molecule has 1 radical (unpaired) electrons. The van der Waals surface area contributed by atoms with Crippen molar-refractivity contribution in [1.82, 2.24) is 5.06 Å². The molecule has 0 aromatic rings. The van der Waals surface area contributed by atoms with Crippen molar-refractivity contribution in [1.29, 1.82) is 1.43 Å². The lowest BCUT2D eigenvalue weighted by Crippen LogP contribution is -2.59. The minimum atomic E-state index is -0.423. The molecule has 0 saturated carbocycles. The largest absolute Gasteiger partial charge is 0.393 e. The third-order valence-electron chi connectivity index (χ3n) is 2.55. The number of hydrogen-bond acceptors (Lipinski definition) is 2. The van der Waals surface area contributed by atoms with Crippen LogP contribution in [0.5, 0.6) is 0 Å². The maximum absolute atomic E-state index is 11.8. The molecular weight excluding hydrogens is 154 g/mol. The molecule has 0 unspecified atom stereocenters. The number of aliphatic hydroxyl groups excluding tert-OH is 1. The number of rotatable bonds is 1. The fraction of sp³-hybridized carbons (Fsp3) is 1.00. The van der Waals surface area contributed by atoms with Gasteiger partial charge in [-0.05, 0) is 40.5 Å². The average Bonchev–Trinajstić information content (AvgIpc) is 1.99. The van der Waals surface area contributed by atoms with Crippen LogP contribution in [-0.2, 0) is 5.21 Å². The summed E-state index contributed by atoms with van der Waals surface area (Å²) in [7, 11) is 0. The van der Waals surface area contributed by atoms with Crippen LogP contribution in [0.3, 0.4) is 0 Å². The molecule has 0 amide bonds. The van der Waals surface area contributed by atoms with Gasteiger partial charge in [-0.1, -0.05) is 0 Å². The molecule has 1 heterocycles. The first-order valence-electron chi connectivity index (χ1n) is 4.80. The molecule has 1 fully saturated rings. The summed E-state index contributed by atoms with van der Waals surface area (Å²) in [5.74, 6) is 0. The first kappa shape index (κ1) is 8.48. The second kappa shape index (κ2) is 2.69. The standard InChI is InChI=1S/C9H18NO2/c1-8(2)5-7(11)6-9(3,4)10(8)12/h7,11H,5-6H2,1-4H3/i11D. The number of hydroxylamine groups is 2. The van der Waals surface area contributed by atoms with E-state index in [1.54, 1.807) is 0 Å². The molecule has 3 heteroatoms. The van der Waals surface area contributed by atoms with Gasteiger partial charge < -0.3 is 5.11 Å². The van der Waals surface area contributed by atoms with E-state index in [2.05, 4.69) is 5.11 Å². The van der Waals surface area contributed by atoms with Crippen molar-refractivity contribution in [2.75, 3.05) is 0 Å². The predicted octanol–water partition coefficient (Wildman–Crippen LogP) is 1.35. The second-order valence-electron chi connectivity index (χ2n) is 4.95. The lowest BCUT2D eigenvalue weighted by atomic mass is 9.80. The molecule has 0 bridgehead atoms. The average molecular weight is 173 g/mol. The Bertz CT molecular complexity index is 176. The van der Waals surface area contributed by atoms with Crippen LogP contribution in [0.25, 0.3) is 0 Å². The molecule has 0 spiro atoms. The maximum Gasteiger partial charge on any atom is 0.210 e. The summed E-state index contributed by atoms with van der Waals surface area (Å²) in [6.45, 7) is 7.58. The van der Waals surface area contributed by atoms with Crippen molar-refractivity contribution in [3.63, 3.8) is 0 Å². The second-order valence-corrected chi connectivity index (χ2v) is 4.95. The van der Waals surface area contributed by atoms with Crippen LogP contribution in [0.1, 0.15) is 40.5 Å². The molecule has 71 valence electrons. The third-order valence-corrected chi connectivity index (χ3v) is 2.55. The molecule has 1 N–H and O–H groups in total. The van der Waals surface area contributed by atoms with Crippen molar-refractivity contribution < 1.29 is 10.3 Å². The summed E-state index contributed by atoms with van der Waals surface area (Å²) in [4.78, 5) is 0. The Morgan fingerprint density at radius 1 is 1.33 bits per heavy atom. The zero-order chi connectivity index (χ0) is 10.3. The zero-order valence-corrected chi connectivity index (χ0v) is 8.26.